The van der Waals surface area contributed by atoms with E-state index in [1.54, 1.807) is 6.92 Å². The zero-order chi connectivity index (χ0) is 15.8. The van der Waals surface area contributed by atoms with Gasteiger partial charge in [0.15, 0.2) is 5.03 Å². The minimum atomic E-state index is -4.42. The summed E-state index contributed by atoms with van der Waals surface area (Å²) in [7, 11) is -3.95. The van der Waals surface area contributed by atoms with Crippen molar-refractivity contribution in [1.29, 1.82) is 0 Å². The highest BCUT2D eigenvalue weighted by molar-refractivity contribution is 7.89. The first-order valence-electron chi connectivity index (χ1n) is 6.18. The Morgan fingerprint density at radius 3 is 2.62 bits per heavy atom. The van der Waals surface area contributed by atoms with Crippen LogP contribution in [0.3, 0.4) is 0 Å². The van der Waals surface area contributed by atoms with Crippen molar-refractivity contribution in [3.63, 3.8) is 0 Å². The van der Waals surface area contributed by atoms with Crippen molar-refractivity contribution in [2.45, 2.75) is 31.1 Å². The van der Waals surface area contributed by atoms with Crippen molar-refractivity contribution < 1.29 is 21.6 Å². The summed E-state index contributed by atoms with van der Waals surface area (Å²) in [6, 6.07) is 0. The summed E-state index contributed by atoms with van der Waals surface area (Å²) >= 11 is 0. The Kier molecular flexibility index (Phi) is 4.13. The molecule has 0 fully saturated rings. The van der Waals surface area contributed by atoms with E-state index in [9.17, 15) is 21.6 Å². The molecule has 10 heteroatoms. The summed E-state index contributed by atoms with van der Waals surface area (Å²) < 4.78 is 63.4. The van der Waals surface area contributed by atoms with Gasteiger partial charge in [-0.2, -0.15) is 22.6 Å². The van der Waals surface area contributed by atoms with E-state index in [0.29, 0.717) is 11.3 Å². The maximum atomic E-state index is 12.5. The van der Waals surface area contributed by atoms with E-state index in [2.05, 4.69) is 10.2 Å². The van der Waals surface area contributed by atoms with Crippen LogP contribution in [0.5, 0.6) is 0 Å². The number of alkyl halides is 3. The molecule has 0 atom stereocenters. The monoisotopic (exact) mass is 324 g/mol. The molecule has 0 aromatic carbocycles. The number of rotatable bonds is 3. The van der Waals surface area contributed by atoms with E-state index < -0.39 is 21.8 Å². The lowest BCUT2D eigenvalue weighted by Crippen LogP contribution is -2.37. The Labute approximate surface area is 119 Å². The van der Waals surface area contributed by atoms with Gasteiger partial charge in [-0.1, -0.05) is 6.08 Å². The molecule has 1 aromatic heterocycles. The van der Waals surface area contributed by atoms with Crippen molar-refractivity contribution in [3.05, 3.63) is 22.9 Å². The maximum absolute atomic E-state index is 12.5. The summed E-state index contributed by atoms with van der Waals surface area (Å²) in [6.45, 7) is 1.05. The number of aromatic nitrogens is 2. The number of H-pyrrole nitrogens is 1. The number of nitrogens with one attached hydrogen (secondary N) is 1. The molecule has 21 heavy (non-hydrogen) atoms. The molecule has 0 radical (unpaired) electrons. The van der Waals surface area contributed by atoms with E-state index >= 15 is 0 Å². The molecule has 0 unspecified atom stereocenters. The van der Waals surface area contributed by atoms with Crippen molar-refractivity contribution in [1.82, 2.24) is 14.5 Å². The number of aryl methyl sites for hydroxylation is 1. The Hall–Kier alpha value is -1.39. The van der Waals surface area contributed by atoms with E-state index in [1.165, 1.54) is 0 Å². The molecule has 1 aliphatic rings. The lowest BCUT2D eigenvalue weighted by molar-refractivity contribution is -0.0953. The van der Waals surface area contributed by atoms with Crippen LogP contribution >= 0.6 is 0 Å². The Balaban J connectivity index is 2.29. The van der Waals surface area contributed by atoms with Gasteiger partial charge in [0, 0.05) is 36.5 Å². The lowest BCUT2D eigenvalue weighted by atomic mass is 10.1. The molecule has 1 aromatic rings. The average molecular weight is 324 g/mol. The summed E-state index contributed by atoms with van der Waals surface area (Å²) in [5.41, 5.74) is 5.67. The van der Waals surface area contributed by atoms with Gasteiger partial charge in [0.1, 0.15) is 0 Å². The fourth-order valence-electron chi connectivity index (χ4n) is 2.13. The normalized spacial score (nSPS) is 17.9. The average Bonchev–Trinajstić information content (AvgIpc) is 2.79. The molecule has 2 rings (SSSR count). The molecule has 0 saturated carbocycles. The first-order chi connectivity index (χ1) is 9.67. The molecule has 0 saturated heterocycles. The smallest absolute Gasteiger partial charge is 0.326 e. The van der Waals surface area contributed by atoms with Crippen LogP contribution in [-0.4, -0.2) is 42.2 Å². The van der Waals surface area contributed by atoms with Gasteiger partial charge < -0.3 is 5.73 Å². The summed E-state index contributed by atoms with van der Waals surface area (Å²) in [5.74, 6) is 0. The standard InChI is InChI=1S/C11H15F3N4O2S/c1-7-9(6-15)10(17-16-7)21(19,20)18-4-2-8(3-5-18)11(12,13)14/h2H,3-6,15H2,1H3,(H,16,17). The van der Waals surface area contributed by atoms with E-state index in [0.717, 1.165) is 10.4 Å². The van der Waals surface area contributed by atoms with Gasteiger partial charge in [-0.15, -0.1) is 0 Å². The molecule has 0 bridgehead atoms. The number of halogens is 3. The fourth-order valence-corrected chi connectivity index (χ4v) is 3.69. The zero-order valence-corrected chi connectivity index (χ0v) is 12.1. The van der Waals surface area contributed by atoms with Crippen molar-refractivity contribution >= 4 is 10.0 Å². The molecule has 0 aliphatic carbocycles. The SMILES string of the molecule is Cc1[nH]nc(S(=O)(=O)N2CC=C(C(F)(F)F)CC2)c1CN. The predicted molar refractivity (Wildman–Crippen MR) is 68.7 cm³/mol. The van der Waals surface area contributed by atoms with E-state index in [-0.39, 0.29) is 31.1 Å². The zero-order valence-electron chi connectivity index (χ0n) is 11.2. The molecule has 0 amide bonds. The lowest BCUT2D eigenvalue weighted by Gasteiger charge is -2.26. The van der Waals surface area contributed by atoms with Gasteiger partial charge in [0.2, 0.25) is 0 Å². The third kappa shape index (κ3) is 2.97. The van der Waals surface area contributed by atoms with Crippen LogP contribution in [0.15, 0.2) is 16.7 Å². The minimum Gasteiger partial charge on any atom is -0.326 e. The molecule has 118 valence electrons. The first kappa shape index (κ1) is 16.0. The topological polar surface area (TPSA) is 92.1 Å². The fraction of sp³-hybridized carbons (Fsp3) is 0.545. The second-order valence-corrected chi connectivity index (χ2v) is 6.53. The molecule has 6 nitrogen and oxygen atoms in total. The largest absolute Gasteiger partial charge is 0.412 e. The summed E-state index contributed by atoms with van der Waals surface area (Å²) in [6.07, 6.45) is -3.89. The number of sulfonamides is 1. The number of aromatic amines is 1. The van der Waals surface area contributed by atoms with Crippen LogP contribution in [0.1, 0.15) is 17.7 Å². The molecule has 3 N–H and O–H groups in total. The second-order valence-electron chi connectivity index (χ2n) is 4.68. The van der Waals surface area contributed by atoms with Gasteiger partial charge in [0.25, 0.3) is 10.0 Å². The molecule has 0 spiro atoms. The number of hydrogen-bond acceptors (Lipinski definition) is 4. The Morgan fingerprint density at radius 2 is 2.14 bits per heavy atom. The highest BCUT2D eigenvalue weighted by Gasteiger charge is 2.38. The van der Waals surface area contributed by atoms with Crippen molar-refractivity contribution in [2.24, 2.45) is 5.73 Å². The first-order valence-corrected chi connectivity index (χ1v) is 7.62. The molecule has 1 aliphatic heterocycles. The minimum absolute atomic E-state index is 0.0195. The maximum Gasteiger partial charge on any atom is 0.412 e. The summed E-state index contributed by atoms with van der Waals surface area (Å²) in [4.78, 5) is 0. The van der Waals surface area contributed by atoms with Crippen LogP contribution in [0.4, 0.5) is 13.2 Å². The van der Waals surface area contributed by atoms with Crippen LogP contribution < -0.4 is 5.73 Å². The molecule has 2 heterocycles. The van der Waals surface area contributed by atoms with Crippen LogP contribution in [0.25, 0.3) is 0 Å². The second kappa shape index (κ2) is 5.43. The molecular formula is C11H15F3N4O2S. The van der Waals surface area contributed by atoms with Gasteiger partial charge >= 0.3 is 6.18 Å². The Bertz CT molecular complexity index is 663. The highest BCUT2D eigenvalue weighted by atomic mass is 32.2. The predicted octanol–water partition coefficient (Wildman–Crippen LogP) is 1.06. The summed E-state index contributed by atoms with van der Waals surface area (Å²) in [5, 5.41) is 6.04. The highest BCUT2D eigenvalue weighted by Crippen LogP contribution is 2.31. The third-order valence-corrected chi connectivity index (χ3v) is 5.20. The van der Waals surface area contributed by atoms with Gasteiger partial charge in [-0.05, 0) is 13.3 Å². The van der Waals surface area contributed by atoms with Gasteiger partial charge in [0.05, 0.1) is 0 Å². The van der Waals surface area contributed by atoms with E-state index in [1.807, 2.05) is 0 Å². The van der Waals surface area contributed by atoms with Gasteiger partial charge in [-0.3, -0.25) is 5.10 Å². The quantitative estimate of drug-likeness (QED) is 0.813. The van der Waals surface area contributed by atoms with Crippen LogP contribution in [0, 0.1) is 6.92 Å². The van der Waals surface area contributed by atoms with Gasteiger partial charge in [-0.25, -0.2) is 8.42 Å². The van der Waals surface area contributed by atoms with Crippen molar-refractivity contribution in [3.8, 4) is 0 Å². The van der Waals surface area contributed by atoms with Crippen LogP contribution in [0.2, 0.25) is 0 Å². The number of hydrogen-bond donors (Lipinski definition) is 2. The number of nitrogens with two attached hydrogens (primary N) is 1. The third-order valence-electron chi connectivity index (χ3n) is 3.36. The van der Waals surface area contributed by atoms with Crippen molar-refractivity contribution in [2.75, 3.05) is 13.1 Å². The Morgan fingerprint density at radius 1 is 1.48 bits per heavy atom. The van der Waals surface area contributed by atoms with Crippen LogP contribution in [-0.2, 0) is 16.6 Å². The van der Waals surface area contributed by atoms with E-state index in [4.69, 9.17) is 5.73 Å². The molecular weight excluding hydrogens is 309 g/mol. The number of nitrogens with zero attached hydrogens (tertiary/aromatic N) is 2.